The molecule has 0 aliphatic carbocycles. The maximum atomic E-state index is 13.1. The minimum Gasteiger partial charge on any atom is -0.381 e. The van der Waals surface area contributed by atoms with Crippen LogP contribution in [0.3, 0.4) is 0 Å². The van der Waals surface area contributed by atoms with E-state index < -0.39 is 0 Å². The average molecular weight is 349 g/mol. The Labute approximate surface area is 109 Å². The molecule has 0 atom stereocenters. The summed E-state index contributed by atoms with van der Waals surface area (Å²) < 4.78 is 16.2. The number of nitrogen functional groups attached to an aromatic ring is 1. The molecule has 0 fully saturated rings. The minimum atomic E-state index is -0.274. The van der Waals surface area contributed by atoms with Crippen LogP contribution in [0.25, 0.3) is 0 Å². The molecule has 0 bridgehead atoms. The van der Waals surface area contributed by atoms with Crippen molar-refractivity contribution in [2.45, 2.75) is 6.54 Å². The molecule has 0 aliphatic rings. The maximum absolute atomic E-state index is 13.1. The van der Waals surface area contributed by atoms with E-state index >= 15 is 0 Å². The van der Waals surface area contributed by atoms with Gasteiger partial charge in [-0.2, -0.15) is 5.10 Å². The second-order valence-corrected chi connectivity index (χ2v) is 5.11. The number of hydrogen-bond acceptors (Lipinski definition) is 2. The van der Waals surface area contributed by atoms with Crippen molar-refractivity contribution in [2.24, 2.45) is 0 Å². The zero-order valence-corrected chi connectivity index (χ0v) is 11.3. The molecule has 6 heteroatoms. The van der Waals surface area contributed by atoms with Crippen LogP contribution < -0.4 is 5.73 Å². The lowest BCUT2D eigenvalue weighted by atomic mass is 10.2. The number of anilines is 1. The van der Waals surface area contributed by atoms with Gasteiger partial charge >= 0.3 is 0 Å². The van der Waals surface area contributed by atoms with Crippen LogP contribution in [-0.4, -0.2) is 9.78 Å². The number of halogens is 3. The van der Waals surface area contributed by atoms with Crippen LogP contribution in [0.15, 0.2) is 33.3 Å². The predicted octanol–water partition coefficient (Wildman–Crippen LogP) is 3.18. The van der Waals surface area contributed by atoms with Gasteiger partial charge in [0.05, 0.1) is 11.0 Å². The van der Waals surface area contributed by atoms with Crippen LogP contribution in [0.4, 0.5) is 10.2 Å². The third-order valence-electron chi connectivity index (χ3n) is 2.01. The number of rotatable bonds is 2. The van der Waals surface area contributed by atoms with E-state index in [1.807, 2.05) is 6.07 Å². The predicted molar refractivity (Wildman–Crippen MR) is 67.5 cm³/mol. The summed E-state index contributed by atoms with van der Waals surface area (Å²) in [7, 11) is 0. The standard InChI is InChI=1S/C10H8Br2FN3/c11-7-1-6(2-8(13)3-7)4-16-5-9(12)10(14)15-16/h1-3,5H,4H2,(H2,14,15). The fourth-order valence-electron chi connectivity index (χ4n) is 1.38. The first-order valence-electron chi connectivity index (χ1n) is 4.48. The van der Waals surface area contributed by atoms with Gasteiger partial charge in [-0.1, -0.05) is 15.9 Å². The summed E-state index contributed by atoms with van der Waals surface area (Å²) in [5.74, 6) is 0.152. The molecular weight excluding hydrogens is 341 g/mol. The van der Waals surface area contributed by atoms with Crippen molar-refractivity contribution in [3.63, 3.8) is 0 Å². The van der Waals surface area contributed by atoms with Gasteiger partial charge in [-0.15, -0.1) is 0 Å². The van der Waals surface area contributed by atoms with Crippen LogP contribution >= 0.6 is 31.9 Å². The zero-order chi connectivity index (χ0) is 11.7. The number of nitrogens with two attached hydrogens (primary N) is 1. The van der Waals surface area contributed by atoms with Crippen molar-refractivity contribution >= 4 is 37.7 Å². The van der Waals surface area contributed by atoms with Crippen molar-refractivity contribution in [1.29, 1.82) is 0 Å². The van der Waals surface area contributed by atoms with Gasteiger partial charge in [0.15, 0.2) is 5.82 Å². The normalized spacial score (nSPS) is 10.7. The first kappa shape index (κ1) is 11.6. The van der Waals surface area contributed by atoms with Crippen molar-refractivity contribution in [2.75, 3.05) is 5.73 Å². The van der Waals surface area contributed by atoms with Crippen molar-refractivity contribution < 1.29 is 4.39 Å². The van der Waals surface area contributed by atoms with E-state index in [2.05, 4.69) is 37.0 Å². The summed E-state index contributed by atoms with van der Waals surface area (Å²) in [5, 5.41) is 4.07. The third kappa shape index (κ3) is 2.62. The van der Waals surface area contributed by atoms with Gasteiger partial charge in [0.2, 0.25) is 0 Å². The van der Waals surface area contributed by atoms with Gasteiger partial charge in [-0.25, -0.2) is 4.39 Å². The highest BCUT2D eigenvalue weighted by Gasteiger charge is 2.04. The summed E-state index contributed by atoms with van der Waals surface area (Å²) in [5.41, 5.74) is 6.41. The highest BCUT2D eigenvalue weighted by Crippen LogP contribution is 2.19. The van der Waals surface area contributed by atoms with Crippen LogP contribution in [0.2, 0.25) is 0 Å². The molecule has 0 amide bonds. The van der Waals surface area contributed by atoms with Crippen molar-refractivity contribution in [3.8, 4) is 0 Å². The van der Waals surface area contributed by atoms with E-state index in [-0.39, 0.29) is 5.82 Å². The van der Waals surface area contributed by atoms with Crippen LogP contribution in [0.5, 0.6) is 0 Å². The minimum absolute atomic E-state index is 0.274. The first-order valence-corrected chi connectivity index (χ1v) is 6.06. The van der Waals surface area contributed by atoms with Gasteiger partial charge in [0.25, 0.3) is 0 Å². The van der Waals surface area contributed by atoms with Gasteiger partial charge < -0.3 is 5.73 Å². The molecule has 84 valence electrons. The van der Waals surface area contributed by atoms with E-state index in [4.69, 9.17) is 5.73 Å². The van der Waals surface area contributed by atoms with E-state index in [1.54, 1.807) is 10.9 Å². The lowest BCUT2D eigenvalue weighted by Gasteiger charge is -2.02. The maximum Gasteiger partial charge on any atom is 0.159 e. The Kier molecular flexibility index (Phi) is 3.30. The topological polar surface area (TPSA) is 43.8 Å². The van der Waals surface area contributed by atoms with Gasteiger partial charge in [-0.05, 0) is 39.7 Å². The molecule has 1 heterocycles. The van der Waals surface area contributed by atoms with Gasteiger partial charge in [0, 0.05) is 10.7 Å². The molecule has 1 aromatic heterocycles. The Hall–Kier alpha value is -0.880. The third-order valence-corrected chi connectivity index (χ3v) is 3.08. The Morgan fingerprint density at radius 2 is 2.06 bits per heavy atom. The van der Waals surface area contributed by atoms with Gasteiger partial charge in [0.1, 0.15) is 5.82 Å². The first-order chi connectivity index (χ1) is 7.54. The Balaban J connectivity index is 2.26. The second-order valence-electron chi connectivity index (χ2n) is 3.34. The molecule has 2 aromatic rings. The quantitative estimate of drug-likeness (QED) is 0.905. The molecule has 2 rings (SSSR count). The zero-order valence-electron chi connectivity index (χ0n) is 8.12. The van der Waals surface area contributed by atoms with Crippen LogP contribution in [-0.2, 0) is 6.54 Å². The van der Waals surface area contributed by atoms with Gasteiger partial charge in [-0.3, -0.25) is 4.68 Å². The average Bonchev–Trinajstić information content (AvgIpc) is 2.43. The number of aromatic nitrogens is 2. The van der Waals surface area contributed by atoms with E-state index in [0.717, 1.165) is 10.0 Å². The summed E-state index contributed by atoms with van der Waals surface area (Å²) >= 11 is 6.51. The summed E-state index contributed by atoms with van der Waals surface area (Å²) in [4.78, 5) is 0. The largest absolute Gasteiger partial charge is 0.381 e. The molecule has 0 radical (unpaired) electrons. The number of benzene rings is 1. The molecule has 2 N–H and O–H groups in total. The second kappa shape index (κ2) is 4.55. The van der Waals surface area contributed by atoms with Crippen LogP contribution in [0.1, 0.15) is 5.56 Å². The molecule has 0 spiro atoms. The van der Waals surface area contributed by atoms with E-state index in [1.165, 1.54) is 12.1 Å². The summed E-state index contributed by atoms with van der Waals surface area (Å²) in [6.45, 7) is 0.478. The molecule has 0 saturated heterocycles. The van der Waals surface area contributed by atoms with Crippen molar-refractivity contribution in [3.05, 3.63) is 44.7 Å². The summed E-state index contributed by atoms with van der Waals surface area (Å²) in [6.07, 6.45) is 1.76. The Bertz CT molecular complexity index is 485. The molecule has 0 unspecified atom stereocenters. The van der Waals surface area contributed by atoms with E-state index in [9.17, 15) is 4.39 Å². The molecular formula is C10H8Br2FN3. The Morgan fingerprint density at radius 1 is 1.31 bits per heavy atom. The molecule has 3 nitrogen and oxygen atoms in total. The van der Waals surface area contributed by atoms with Crippen LogP contribution in [0, 0.1) is 5.82 Å². The monoisotopic (exact) mass is 347 g/mol. The SMILES string of the molecule is Nc1nn(Cc2cc(F)cc(Br)c2)cc1Br. The lowest BCUT2D eigenvalue weighted by molar-refractivity contribution is 0.618. The number of nitrogens with zero attached hydrogens (tertiary/aromatic N) is 2. The Morgan fingerprint density at radius 3 is 2.62 bits per heavy atom. The smallest absolute Gasteiger partial charge is 0.159 e. The molecule has 16 heavy (non-hydrogen) atoms. The molecule has 0 saturated carbocycles. The van der Waals surface area contributed by atoms with Crippen molar-refractivity contribution in [1.82, 2.24) is 9.78 Å². The molecule has 0 aliphatic heterocycles. The fraction of sp³-hybridized carbons (Fsp3) is 0.100. The lowest BCUT2D eigenvalue weighted by Crippen LogP contribution is -2.01. The highest BCUT2D eigenvalue weighted by atomic mass is 79.9. The summed E-state index contributed by atoms with van der Waals surface area (Å²) in [6, 6.07) is 4.72. The number of hydrogen-bond donors (Lipinski definition) is 1. The highest BCUT2D eigenvalue weighted by molar-refractivity contribution is 9.10. The fourth-order valence-corrected chi connectivity index (χ4v) is 2.21. The van der Waals surface area contributed by atoms with E-state index in [0.29, 0.717) is 16.8 Å². The molecule has 1 aromatic carbocycles.